The van der Waals surface area contributed by atoms with Crippen LogP contribution in [0.3, 0.4) is 0 Å². The molecule has 0 aliphatic heterocycles. The van der Waals surface area contributed by atoms with Gasteiger partial charge in [-0.25, -0.2) is 15.0 Å². The van der Waals surface area contributed by atoms with Crippen LogP contribution in [0.25, 0.3) is 11.2 Å². The highest BCUT2D eigenvalue weighted by Crippen LogP contribution is 2.33. The molecule has 1 aromatic carbocycles. The summed E-state index contributed by atoms with van der Waals surface area (Å²) in [6.45, 7) is 5.92. The Morgan fingerprint density at radius 2 is 2.15 bits per heavy atom. The number of aryl methyl sites for hydroxylation is 1. The fourth-order valence-electron chi connectivity index (χ4n) is 2.65. The highest BCUT2D eigenvalue weighted by atomic mass is 35.5. The van der Waals surface area contributed by atoms with E-state index in [1.807, 2.05) is 12.1 Å². The summed E-state index contributed by atoms with van der Waals surface area (Å²) in [5.74, 6) is 2.99. The van der Waals surface area contributed by atoms with Crippen molar-refractivity contribution in [2.24, 2.45) is 0 Å². The van der Waals surface area contributed by atoms with E-state index < -0.39 is 0 Å². The second-order valence-electron chi connectivity index (χ2n) is 6.36. The van der Waals surface area contributed by atoms with Crippen molar-refractivity contribution in [3.05, 3.63) is 35.1 Å². The molecule has 0 spiro atoms. The van der Waals surface area contributed by atoms with Gasteiger partial charge in [0.05, 0.1) is 0 Å². The van der Waals surface area contributed by atoms with Gasteiger partial charge in [-0.15, -0.1) is 6.42 Å². The highest BCUT2D eigenvalue weighted by Gasteiger charge is 2.16. The van der Waals surface area contributed by atoms with Crippen molar-refractivity contribution in [2.75, 3.05) is 12.3 Å². The van der Waals surface area contributed by atoms with E-state index in [-0.39, 0.29) is 0 Å². The Balaban J connectivity index is 1.94. The maximum Gasteiger partial charge on any atom is 0.175 e. The predicted octanol–water partition coefficient (Wildman–Crippen LogP) is 3.58. The number of hydrogen-bond donors (Lipinski definition) is 2. The molecule has 6 nitrogen and oxygen atoms in total. The Morgan fingerprint density at radius 1 is 1.33 bits per heavy atom. The van der Waals surface area contributed by atoms with Crippen molar-refractivity contribution in [1.82, 2.24) is 24.8 Å². The minimum Gasteiger partial charge on any atom is -0.382 e. The largest absolute Gasteiger partial charge is 0.382 e. The second-order valence-corrected chi connectivity index (χ2v) is 7.84. The third-order valence-electron chi connectivity index (χ3n) is 3.88. The van der Waals surface area contributed by atoms with Gasteiger partial charge in [0.1, 0.15) is 6.33 Å². The first-order valence-electron chi connectivity index (χ1n) is 8.63. The van der Waals surface area contributed by atoms with E-state index in [4.69, 9.17) is 23.8 Å². The second kappa shape index (κ2) is 8.61. The van der Waals surface area contributed by atoms with Crippen LogP contribution in [0, 0.1) is 12.3 Å². The average molecular weight is 401 g/mol. The van der Waals surface area contributed by atoms with Crippen molar-refractivity contribution in [3.8, 4) is 12.3 Å². The Hall–Kier alpha value is -2.27. The molecule has 0 unspecified atom stereocenters. The molecule has 0 bridgehead atoms. The SMILES string of the molecule is C#Cc1cc(Cl)cc(Sc2nc3c(N)ncnc3n2CCCNC(C)C)c1. The standard InChI is InChI=1S/C19H21ClN6S/c1-4-13-8-14(20)10-15(9-13)27-19-25-16-17(21)23-11-24-18(16)26(19)7-5-6-22-12(2)3/h1,8-12,22H,5-7H2,2-3H3,(H2,21,23,24). The van der Waals surface area contributed by atoms with Crippen LogP contribution in [0.4, 0.5) is 5.82 Å². The summed E-state index contributed by atoms with van der Waals surface area (Å²) in [6.07, 6.45) is 7.92. The van der Waals surface area contributed by atoms with E-state index in [9.17, 15) is 0 Å². The van der Waals surface area contributed by atoms with Gasteiger partial charge in [-0.3, -0.25) is 0 Å². The summed E-state index contributed by atoms with van der Waals surface area (Å²) in [7, 11) is 0. The zero-order chi connectivity index (χ0) is 19.4. The fraction of sp³-hybridized carbons (Fsp3) is 0.316. The van der Waals surface area contributed by atoms with Gasteiger partial charge in [-0.05, 0) is 31.2 Å². The molecule has 3 N–H and O–H groups in total. The molecule has 0 aliphatic rings. The molecule has 8 heteroatoms. The number of fused-ring (bicyclic) bond motifs is 1. The quantitative estimate of drug-likeness (QED) is 0.466. The van der Waals surface area contributed by atoms with E-state index in [2.05, 4.69) is 44.6 Å². The topological polar surface area (TPSA) is 81.7 Å². The number of terminal acetylenes is 1. The number of nitrogens with two attached hydrogens (primary N) is 1. The third-order valence-corrected chi connectivity index (χ3v) is 5.07. The number of benzene rings is 1. The lowest BCUT2D eigenvalue weighted by Crippen LogP contribution is -2.24. The first kappa shape index (κ1) is 19.5. The van der Waals surface area contributed by atoms with Crippen molar-refractivity contribution >= 4 is 40.3 Å². The van der Waals surface area contributed by atoms with Gasteiger partial charge < -0.3 is 15.6 Å². The van der Waals surface area contributed by atoms with E-state index >= 15 is 0 Å². The van der Waals surface area contributed by atoms with Crippen molar-refractivity contribution in [2.45, 2.75) is 42.9 Å². The number of rotatable bonds is 7. The third kappa shape index (κ3) is 4.72. The number of nitrogens with zero attached hydrogens (tertiary/aromatic N) is 4. The number of imidazole rings is 1. The molecule has 0 amide bonds. The zero-order valence-corrected chi connectivity index (χ0v) is 16.8. The lowest BCUT2D eigenvalue weighted by Gasteiger charge is -2.11. The van der Waals surface area contributed by atoms with Crippen LogP contribution in [0.1, 0.15) is 25.8 Å². The first-order chi connectivity index (χ1) is 13.0. The average Bonchev–Trinajstić information content (AvgIpc) is 2.96. The fourth-order valence-corrected chi connectivity index (χ4v) is 3.96. The number of nitrogen functional groups attached to an aromatic ring is 1. The summed E-state index contributed by atoms with van der Waals surface area (Å²) < 4.78 is 2.07. The van der Waals surface area contributed by atoms with Gasteiger partial charge in [0.15, 0.2) is 22.1 Å². The van der Waals surface area contributed by atoms with Crippen molar-refractivity contribution in [3.63, 3.8) is 0 Å². The van der Waals surface area contributed by atoms with E-state index in [0.29, 0.717) is 22.4 Å². The smallest absolute Gasteiger partial charge is 0.175 e. The maximum atomic E-state index is 6.18. The molecule has 0 saturated heterocycles. The Bertz CT molecular complexity index is 992. The van der Waals surface area contributed by atoms with Crippen LogP contribution >= 0.6 is 23.4 Å². The first-order valence-corrected chi connectivity index (χ1v) is 9.82. The van der Waals surface area contributed by atoms with Crippen LogP contribution in [0.15, 0.2) is 34.6 Å². The monoisotopic (exact) mass is 400 g/mol. The number of aromatic nitrogens is 4. The molecule has 0 radical (unpaired) electrons. The van der Waals surface area contributed by atoms with Crippen LogP contribution in [-0.4, -0.2) is 32.1 Å². The minimum atomic E-state index is 0.372. The molecule has 0 saturated carbocycles. The molecule has 0 fully saturated rings. The lowest BCUT2D eigenvalue weighted by atomic mass is 10.2. The molecule has 2 aromatic heterocycles. The van der Waals surface area contributed by atoms with E-state index in [1.165, 1.54) is 18.1 Å². The molecule has 140 valence electrons. The summed E-state index contributed by atoms with van der Waals surface area (Å²) >= 11 is 7.67. The molecule has 0 aliphatic carbocycles. The number of hydrogen-bond acceptors (Lipinski definition) is 6. The van der Waals surface area contributed by atoms with Crippen molar-refractivity contribution < 1.29 is 0 Å². The molecule has 27 heavy (non-hydrogen) atoms. The molecule has 3 aromatic rings. The lowest BCUT2D eigenvalue weighted by molar-refractivity contribution is 0.525. The van der Waals surface area contributed by atoms with Gasteiger partial charge in [0.2, 0.25) is 0 Å². The summed E-state index contributed by atoms with van der Waals surface area (Å²) in [6, 6.07) is 5.99. The number of anilines is 1. The highest BCUT2D eigenvalue weighted by molar-refractivity contribution is 7.99. The Labute approximate surface area is 167 Å². The van der Waals surface area contributed by atoms with E-state index in [1.54, 1.807) is 6.07 Å². The van der Waals surface area contributed by atoms with Crippen LogP contribution in [-0.2, 0) is 6.54 Å². The number of halogens is 1. The Kier molecular flexibility index (Phi) is 6.22. The minimum absolute atomic E-state index is 0.372. The van der Waals surface area contributed by atoms with Crippen LogP contribution < -0.4 is 11.1 Å². The van der Waals surface area contributed by atoms with Gasteiger partial charge in [-0.2, -0.15) is 0 Å². The van der Waals surface area contributed by atoms with Gasteiger partial charge >= 0.3 is 0 Å². The van der Waals surface area contributed by atoms with Crippen molar-refractivity contribution in [1.29, 1.82) is 0 Å². The number of nitrogens with one attached hydrogen (secondary N) is 1. The summed E-state index contributed by atoms with van der Waals surface area (Å²) in [5, 5.41) is 4.80. The Morgan fingerprint density at radius 3 is 2.89 bits per heavy atom. The van der Waals surface area contributed by atoms with Gasteiger partial charge in [0.25, 0.3) is 0 Å². The molecule has 3 rings (SSSR count). The molecular weight excluding hydrogens is 380 g/mol. The van der Waals surface area contributed by atoms with Gasteiger partial charge in [0, 0.05) is 28.1 Å². The normalized spacial score (nSPS) is 11.2. The maximum absolute atomic E-state index is 6.18. The summed E-state index contributed by atoms with van der Waals surface area (Å²) in [5.41, 5.74) is 8.07. The predicted molar refractivity (Wildman–Crippen MR) is 111 cm³/mol. The van der Waals surface area contributed by atoms with Crippen LogP contribution in [0.2, 0.25) is 5.02 Å². The summed E-state index contributed by atoms with van der Waals surface area (Å²) in [4.78, 5) is 14.0. The molecule has 2 heterocycles. The van der Waals surface area contributed by atoms with E-state index in [0.717, 1.165) is 40.8 Å². The van der Waals surface area contributed by atoms with Gasteiger partial charge in [-0.1, -0.05) is 43.1 Å². The molecular formula is C19H21ClN6S. The zero-order valence-electron chi connectivity index (χ0n) is 15.2. The molecule has 0 atom stereocenters. The van der Waals surface area contributed by atoms with Crippen LogP contribution in [0.5, 0.6) is 0 Å².